The Bertz CT molecular complexity index is 951. The van der Waals surface area contributed by atoms with Gasteiger partial charge in [-0.25, -0.2) is 9.59 Å². The van der Waals surface area contributed by atoms with Crippen molar-refractivity contribution in [1.82, 2.24) is 25.5 Å². The molecule has 0 spiro atoms. The summed E-state index contributed by atoms with van der Waals surface area (Å²) in [5, 5.41) is 21.4. The molecule has 31 heavy (non-hydrogen) atoms. The number of carbonyl (C=O) groups is 2. The van der Waals surface area contributed by atoms with E-state index in [0.717, 1.165) is 31.2 Å². The van der Waals surface area contributed by atoms with Crippen LogP contribution in [0, 0.1) is 0 Å². The molecule has 1 aromatic carbocycles. The Hall–Kier alpha value is -3.14. The first-order chi connectivity index (χ1) is 15.1. The van der Waals surface area contributed by atoms with Crippen LogP contribution in [-0.4, -0.2) is 56.0 Å². The predicted octanol–water partition coefficient (Wildman–Crippen LogP) is 3.05. The second-order valence-corrected chi connectivity index (χ2v) is 8.40. The van der Waals surface area contributed by atoms with Crippen molar-refractivity contribution in [1.29, 1.82) is 0 Å². The lowest BCUT2D eigenvalue weighted by atomic mass is 10.0. The van der Waals surface area contributed by atoms with E-state index in [0.29, 0.717) is 31.4 Å². The van der Waals surface area contributed by atoms with Crippen molar-refractivity contribution in [2.75, 3.05) is 6.54 Å². The minimum absolute atomic E-state index is 0.0209. The lowest BCUT2D eigenvalue weighted by Gasteiger charge is -2.27. The lowest BCUT2D eigenvalue weighted by molar-refractivity contribution is -0.140. The van der Waals surface area contributed by atoms with Gasteiger partial charge in [-0.05, 0) is 37.7 Å². The van der Waals surface area contributed by atoms with Crippen LogP contribution in [-0.2, 0) is 11.4 Å². The summed E-state index contributed by atoms with van der Waals surface area (Å²) in [4.78, 5) is 31.4. The average molecular weight is 427 g/mol. The van der Waals surface area contributed by atoms with Crippen molar-refractivity contribution in [3.8, 4) is 0 Å². The van der Waals surface area contributed by atoms with Crippen molar-refractivity contribution < 1.29 is 24.0 Å². The SMILES string of the molecule is O=C(O)NC1CC[C@H](c2nnc([C@@H]3CC[C@@H]4CN3C(=O)N4OCc3ccccc3)o2)C1. The molecule has 2 bridgehead atoms. The number of hydrogen-bond acceptors (Lipinski definition) is 6. The van der Waals surface area contributed by atoms with Crippen molar-refractivity contribution in [3.05, 3.63) is 47.7 Å². The molecule has 1 saturated carbocycles. The summed E-state index contributed by atoms with van der Waals surface area (Å²) in [6.07, 6.45) is 2.70. The maximum Gasteiger partial charge on any atom is 0.404 e. The van der Waals surface area contributed by atoms with E-state index >= 15 is 0 Å². The number of benzene rings is 1. The summed E-state index contributed by atoms with van der Waals surface area (Å²) in [7, 11) is 0. The molecular formula is C21H25N5O5. The first-order valence-corrected chi connectivity index (χ1v) is 10.7. The fourth-order valence-corrected chi connectivity index (χ4v) is 4.83. The van der Waals surface area contributed by atoms with E-state index in [4.69, 9.17) is 14.4 Å². The Morgan fingerprint density at radius 1 is 1.16 bits per heavy atom. The van der Waals surface area contributed by atoms with E-state index in [-0.39, 0.29) is 30.1 Å². The lowest BCUT2D eigenvalue weighted by Crippen LogP contribution is -2.34. The molecule has 5 rings (SSSR count). The molecular weight excluding hydrogens is 402 g/mol. The molecule has 2 saturated heterocycles. The van der Waals surface area contributed by atoms with Gasteiger partial charge in [0.15, 0.2) is 0 Å². The molecule has 2 aliphatic heterocycles. The van der Waals surface area contributed by atoms with E-state index < -0.39 is 6.09 Å². The van der Waals surface area contributed by atoms with Crippen LogP contribution in [0.4, 0.5) is 9.59 Å². The van der Waals surface area contributed by atoms with Crippen molar-refractivity contribution in [2.45, 2.75) is 62.8 Å². The summed E-state index contributed by atoms with van der Waals surface area (Å²) in [5.41, 5.74) is 1.01. The van der Waals surface area contributed by atoms with Gasteiger partial charge in [-0.1, -0.05) is 30.3 Å². The summed E-state index contributed by atoms with van der Waals surface area (Å²) in [6, 6.07) is 9.27. The van der Waals surface area contributed by atoms with Crippen LogP contribution in [0.5, 0.6) is 0 Å². The number of carbonyl (C=O) groups excluding carboxylic acids is 1. The summed E-state index contributed by atoms with van der Waals surface area (Å²) < 4.78 is 5.97. The average Bonchev–Trinajstić information content (AvgIpc) is 3.48. The monoisotopic (exact) mass is 427 g/mol. The Balaban J connectivity index is 1.23. The minimum Gasteiger partial charge on any atom is -0.465 e. The van der Waals surface area contributed by atoms with Crippen LogP contribution in [0.1, 0.15) is 61.4 Å². The van der Waals surface area contributed by atoms with Gasteiger partial charge < -0.3 is 19.7 Å². The third-order valence-electron chi connectivity index (χ3n) is 6.39. The molecule has 164 valence electrons. The van der Waals surface area contributed by atoms with Gasteiger partial charge in [-0.2, -0.15) is 5.06 Å². The quantitative estimate of drug-likeness (QED) is 0.727. The first-order valence-electron chi connectivity index (χ1n) is 10.7. The molecule has 3 heterocycles. The zero-order chi connectivity index (χ0) is 21.4. The Labute approximate surface area is 179 Å². The normalized spacial score (nSPS) is 27.7. The standard InChI is InChI=1S/C21H25N5O5/c27-20(28)22-15-7-6-14(10-15)18-23-24-19(31-18)17-9-8-16-11-25(17)21(29)26(16)30-12-13-4-2-1-3-5-13/h1-5,14-17,22H,6-12H2,(H,27,28)/t14-,15?,16+,17-/m0/s1. The zero-order valence-corrected chi connectivity index (χ0v) is 17.0. The highest BCUT2D eigenvalue weighted by atomic mass is 16.7. The number of fused-ring (bicyclic) bond motifs is 2. The van der Waals surface area contributed by atoms with E-state index in [9.17, 15) is 9.59 Å². The number of hydrogen-bond donors (Lipinski definition) is 2. The van der Waals surface area contributed by atoms with Gasteiger partial charge in [0.25, 0.3) is 0 Å². The van der Waals surface area contributed by atoms with Crippen molar-refractivity contribution >= 4 is 12.1 Å². The molecule has 1 aliphatic carbocycles. The third kappa shape index (κ3) is 3.95. The number of urea groups is 1. The molecule has 0 radical (unpaired) electrons. The van der Waals surface area contributed by atoms with Crippen LogP contribution in [0.25, 0.3) is 0 Å². The van der Waals surface area contributed by atoms with Gasteiger partial charge in [0, 0.05) is 18.5 Å². The number of carboxylic acid groups (broad SMARTS) is 1. The Kier molecular flexibility index (Phi) is 5.23. The number of piperidine rings is 1. The molecule has 2 N–H and O–H groups in total. The topological polar surface area (TPSA) is 121 Å². The number of hydroxylamine groups is 2. The molecule has 10 heteroatoms. The highest BCUT2D eigenvalue weighted by molar-refractivity contribution is 5.77. The molecule has 3 amide bonds. The molecule has 10 nitrogen and oxygen atoms in total. The zero-order valence-electron chi connectivity index (χ0n) is 17.0. The van der Waals surface area contributed by atoms with Crippen molar-refractivity contribution in [3.63, 3.8) is 0 Å². The van der Waals surface area contributed by atoms with E-state index in [2.05, 4.69) is 15.5 Å². The highest BCUT2D eigenvalue weighted by Gasteiger charge is 2.48. The number of amides is 3. The predicted molar refractivity (Wildman–Crippen MR) is 107 cm³/mol. The fourth-order valence-electron chi connectivity index (χ4n) is 4.83. The van der Waals surface area contributed by atoms with E-state index in [1.807, 2.05) is 30.3 Å². The highest BCUT2D eigenvalue weighted by Crippen LogP contribution is 2.40. The summed E-state index contributed by atoms with van der Waals surface area (Å²) in [5.74, 6) is 1.01. The molecule has 3 fully saturated rings. The molecule has 2 aromatic rings. The van der Waals surface area contributed by atoms with Crippen molar-refractivity contribution in [2.24, 2.45) is 0 Å². The molecule has 1 unspecified atom stereocenters. The fraction of sp³-hybridized carbons (Fsp3) is 0.524. The Morgan fingerprint density at radius 2 is 1.97 bits per heavy atom. The smallest absolute Gasteiger partial charge is 0.404 e. The summed E-state index contributed by atoms with van der Waals surface area (Å²) in [6.45, 7) is 0.920. The van der Waals surface area contributed by atoms with Crippen LogP contribution in [0.15, 0.2) is 34.7 Å². The number of nitrogens with one attached hydrogen (secondary N) is 1. The maximum absolute atomic E-state index is 13.0. The van der Waals surface area contributed by atoms with E-state index in [1.54, 1.807) is 4.90 Å². The van der Waals surface area contributed by atoms with E-state index in [1.165, 1.54) is 5.06 Å². The molecule has 1 aromatic heterocycles. The van der Waals surface area contributed by atoms with Gasteiger partial charge in [-0.3, -0.25) is 4.84 Å². The van der Waals surface area contributed by atoms with Crippen LogP contribution < -0.4 is 5.32 Å². The Morgan fingerprint density at radius 3 is 2.77 bits per heavy atom. The second-order valence-electron chi connectivity index (χ2n) is 8.40. The van der Waals surface area contributed by atoms with Crippen LogP contribution >= 0.6 is 0 Å². The third-order valence-corrected chi connectivity index (χ3v) is 6.39. The maximum atomic E-state index is 13.0. The molecule has 3 aliphatic rings. The van der Waals surface area contributed by atoms with Gasteiger partial charge in [-0.15, -0.1) is 10.2 Å². The minimum atomic E-state index is -1.01. The van der Waals surface area contributed by atoms with Gasteiger partial charge in [0.05, 0.1) is 6.04 Å². The number of nitrogens with zero attached hydrogens (tertiary/aromatic N) is 4. The number of aromatic nitrogens is 2. The van der Waals surface area contributed by atoms with Gasteiger partial charge in [0.1, 0.15) is 12.6 Å². The van der Waals surface area contributed by atoms with Crippen LogP contribution in [0.2, 0.25) is 0 Å². The summed E-state index contributed by atoms with van der Waals surface area (Å²) >= 11 is 0. The second kappa shape index (κ2) is 8.18. The van der Waals surface area contributed by atoms with Gasteiger partial charge in [0.2, 0.25) is 11.8 Å². The molecule has 4 atom stereocenters. The first kappa shape index (κ1) is 19.8. The van der Waals surface area contributed by atoms with Crippen LogP contribution in [0.3, 0.4) is 0 Å². The number of rotatable bonds is 6. The van der Waals surface area contributed by atoms with Gasteiger partial charge >= 0.3 is 12.1 Å². The largest absolute Gasteiger partial charge is 0.465 e.